The van der Waals surface area contributed by atoms with Gasteiger partial charge in [0.1, 0.15) is 18.2 Å². The van der Waals surface area contributed by atoms with E-state index >= 15 is 0 Å². The Morgan fingerprint density at radius 3 is 1.94 bits per heavy atom. The fourth-order valence-electron chi connectivity index (χ4n) is 7.59. The van der Waals surface area contributed by atoms with Crippen molar-refractivity contribution in [2.75, 3.05) is 32.7 Å². The summed E-state index contributed by atoms with van der Waals surface area (Å²) in [6.45, 7) is 5.62. The van der Waals surface area contributed by atoms with Crippen molar-refractivity contribution in [3.05, 3.63) is 144 Å². The third-order valence-corrected chi connectivity index (χ3v) is 10.7. The van der Waals surface area contributed by atoms with Crippen LogP contribution in [0.15, 0.2) is 121 Å². The van der Waals surface area contributed by atoms with Gasteiger partial charge in [-0.1, -0.05) is 121 Å². The fourth-order valence-corrected chi connectivity index (χ4v) is 7.59. The van der Waals surface area contributed by atoms with Crippen LogP contribution in [0.25, 0.3) is 0 Å². The quantitative estimate of drug-likeness (QED) is 0.148. The highest BCUT2D eigenvalue weighted by atomic mass is 16.5. The average Bonchev–Trinajstić information content (AvgIpc) is 3.18. The molecule has 8 nitrogen and oxygen atoms in total. The molecule has 4 aromatic carbocycles. The molecule has 0 aromatic heterocycles. The maximum atomic E-state index is 14.7. The molecule has 0 radical (unpaired) electrons. The zero-order chi connectivity index (χ0) is 35.5. The predicted molar refractivity (Wildman–Crippen MR) is 200 cm³/mol. The number of rotatable bonds is 14. The molecule has 2 fully saturated rings. The van der Waals surface area contributed by atoms with Crippen LogP contribution in [0.3, 0.4) is 0 Å². The lowest BCUT2D eigenvalue weighted by Crippen LogP contribution is -2.74. The lowest BCUT2D eigenvalue weighted by atomic mass is 9.73. The number of likely N-dealkylation sites (tertiary alicyclic amines) is 1. The molecule has 0 bridgehead atoms. The average molecular weight is 687 g/mol. The van der Waals surface area contributed by atoms with Gasteiger partial charge < -0.3 is 25.2 Å². The summed E-state index contributed by atoms with van der Waals surface area (Å²) in [7, 11) is 0. The Bertz CT molecular complexity index is 1670. The summed E-state index contributed by atoms with van der Waals surface area (Å²) < 4.78 is 5.33. The maximum absolute atomic E-state index is 14.7. The van der Waals surface area contributed by atoms with Crippen LogP contribution in [0.5, 0.6) is 0 Å². The Hall–Kier alpha value is -4.95. The second-order valence-electron chi connectivity index (χ2n) is 14.1. The molecule has 2 aliphatic heterocycles. The second-order valence-corrected chi connectivity index (χ2v) is 14.1. The molecule has 2 aliphatic rings. The molecule has 1 unspecified atom stereocenters. The second kappa shape index (κ2) is 16.8. The van der Waals surface area contributed by atoms with Crippen molar-refractivity contribution in [3.63, 3.8) is 0 Å². The minimum atomic E-state index is -0.925. The van der Waals surface area contributed by atoms with E-state index in [1.165, 1.54) is 5.56 Å². The first kappa shape index (κ1) is 35.9. The van der Waals surface area contributed by atoms with Crippen LogP contribution in [0.2, 0.25) is 0 Å². The van der Waals surface area contributed by atoms with E-state index in [2.05, 4.69) is 71.0 Å². The molecule has 0 saturated carbocycles. The van der Waals surface area contributed by atoms with Gasteiger partial charge in [-0.15, -0.1) is 0 Å². The highest BCUT2D eigenvalue weighted by molar-refractivity contribution is 6.00. The Balaban J connectivity index is 1.15. The van der Waals surface area contributed by atoms with Gasteiger partial charge in [0.15, 0.2) is 0 Å². The normalized spacial score (nSPS) is 17.6. The molecule has 2 saturated heterocycles. The first-order chi connectivity index (χ1) is 24.9. The van der Waals surface area contributed by atoms with E-state index in [1.807, 2.05) is 77.7 Å². The summed E-state index contributed by atoms with van der Waals surface area (Å²) in [5, 5.41) is 5.98. The number of nitrogens with zero attached hydrogens (tertiary/aromatic N) is 2. The largest absolute Gasteiger partial charge is 0.445 e. The molecule has 1 spiro atoms. The third-order valence-electron chi connectivity index (χ3n) is 10.7. The van der Waals surface area contributed by atoms with Crippen molar-refractivity contribution in [2.24, 2.45) is 0 Å². The van der Waals surface area contributed by atoms with Gasteiger partial charge in [-0.05, 0) is 67.7 Å². The molecule has 6 rings (SSSR count). The Morgan fingerprint density at radius 2 is 1.35 bits per heavy atom. The van der Waals surface area contributed by atoms with Gasteiger partial charge in [-0.3, -0.25) is 9.59 Å². The van der Waals surface area contributed by atoms with E-state index in [1.54, 1.807) is 0 Å². The Morgan fingerprint density at radius 1 is 0.804 bits per heavy atom. The summed E-state index contributed by atoms with van der Waals surface area (Å²) in [6, 6.07) is 40.1. The number of hydrogen-bond acceptors (Lipinski definition) is 5. The maximum Gasteiger partial charge on any atom is 0.407 e. The molecule has 51 heavy (non-hydrogen) atoms. The van der Waals surface area contributed by atoms with Gasteiger partial charge in [-0.2, -0.15) is 0 Å². The molecule has 8 heteroatoms. The van der Waals surface area contributed by atoms with Crippen molar-refractivity contribution in [1.82, 2.24) is 20.4 Å². The van der Waals surface area contributed by atoms with E-state index in [0.717, 1.165) is 42.7 Å². The molecule has 266 valence electrons. The van der Waals surface area contributed by atoms with Crippen molar-refractivity contribution < 1.29 is 19.1 Å². The third kappa shape index (κ3) is 8.68. The van der Waals surface area contributed by atoms with Gasteiger partial charge >= 0.3 is 6.09 Å². The van der Waals surface area contributed by atoms with Crippen LogP contribution in [-0.2, 0) is 32.8 Å². The Kier molecular flexibility index (Phi) is 11.8. The van der Waals surface area contributed by atoms with E-state index in [0.29, 0.717) is 45.2 Å². The standard InChI is InChI=1S/C43H50N4O4/c1-42(36-20-10-4-11-21-36,37-22-12-5-13-23-37)33-47-39(48)38(24-14-15-28-44-41(50)51-32-35-18-8-3-9-19-35)45-40(49)43(47)26-30-46(31-27-43)29-25-34-16-6-2-7-17-34/h2-13,16-23,38H,14-15,24-33H2,1H3,(H,44,50)(H,45,49). The number of piperazine rings is 1. The molecule has 2 N–H and O–H groups in total. The molecule has 4 aromatic rings. The molecule has 0 aliphatic carbocycles. The number of piperidine rings is 1. The lowest BCUT2D eigenvalue weighted by Gasteiger charge is -2.54. The monoisotopic (exact) mass is 686 g/mol. The van der Waals surface area contributed by atoms with E-state index in [4.69, 9.17) is 4.74 Å². The summed E-state index contributed by atoms with van der Waals surface area (Å²) in [5.41, 5.74) is 2.97. The zero-order valence-corrected chi connectivity index (χ0v) is 29.6. The highest BCUT2D eigenvalue weighted by Gasteiger charge is 2.55. The summed E-state index contributed by atoms with van der Waals surface area (Å²) in [5.74, 6) is -0.0819. The van der Waals surface area contributed by atoms with Crippen molar-refractivity contribution in [2.45, 2.75) is 69.1 Å². The van der Waals surface area contributed by atoms with Gasteiger partial charge in [0.2, 0.25) is 11.8 Å². The van der Waals surface area contributed by atoms with Gasteiger partial charge in [0, 0.05) is 38.1 Å². The number of carbonyl (C=O) groups excluding carboxylic acids is 3. The van der Waals surface area contributed by atoms with Crippen LogP contribution in [0.4, 0.5) is 4.79 Å². The number of carbonyl (C=O) groups is 3. The van der Waals surface area contributed by atoms with Crippen LogP contribution < -0.4 is 10.6 Å². The van der Waals surface area contributed by atoms with Gasteiger partial charge in [-0.25, -0.2) is 4.79 Å². The molecule has 3 amide bonds. The number of amides is 3. The number of unbranched alkanes of at least 4 members (excludes halogenated alkanes) is 1. The van der Waals surface area contributed by atoms with E-state index in [-0.39, 0.29) is 18.4 Å². The zero-order valence-electron chi connectivity index (χ0n) is 29.6. The van der Waals surface area contributed by atoms with Gasteiger partial charge in [0.25, 0.3) is 0 Å². The topological polar surface area (TPSA) is 91.0 Å². The minimum absolute atomic E-state index is 0.0272. The lowest BCUT2D eigenvalue weighted by molar-refractivity contribution is -0.162. The summed E-state index contributed by atoms with van der Waals surface area (Å²) >= 11 is 0. The summed E-state index contributed by atoms with van der Waals surface area (Å²) in [6.07, 6.45) is 3.47. The molecule has 2 heterocycles. The molecular formula is C43H50N4O4. The highest BCUT2D eigenvalue weighted by Crippen LogP contribution is 2.40. The smallest absolute Gasteiger partial charge is 0.407 e. The van der Waals surface area contributed by atoms with E-state index in [9.17, 15) is 14.4 Å². The van der Waals surface area contributed by atoms with Crippen LogP contribution in [0, 0.1) is 0 Å². The van der Waals surface area contributed by atoms with Crippen LogP contribution in [0.1, 0.15) is 61.3 Å². The Labute approximate surface area is 302 Å². The number of ether oxygens (including phenoxy) is 1. The fraction of sp³-hybridized carbons (Fsp3) is 0.372. The van der Waals surface area contributed by atoms with Crippen LogP contribution in [-0.4, -0.2) is 72.0 Å². The van der Waals surface area contributed by atoms with Crippen molar-refractivity contribution >= 4 is 17.9 Å². The first-order valence-corrected chi connectivity index (χ1v) is 18.3. The van der Waals surface area contributed by atoms with Crippen molar-refractivity contribution in [1.29, 1.82) is 0 Å². The first-order valence-electron chi connectivity index (χ1n) is 18.3. The number of nitrogens with one attached hydrogen (secondary N) is 2. The number of alkyl carbamates (subject to hydrolysis) is 1. The number of benzene rings is 4. The van der Waals surface area contributed by atoms with Gasteiger partial charge in [0.05, 0.1) is 0 Å². The van der Waals surface area contributed by atoms with Crippen LogP contribution >= 0.6 is 0 Å². The summed E-state index contributed by atoms with van der Waals surface area (Å²) in [4.78, 5) is 45.6. The minimum Gasteiger partial charge on any atom is -0.445 e. The van der Waals surface area contributed by atoms with Crippen molar-refractivity contribution in [3.8, 4) is 0 Å². The molecule has 1 atom stereocenters. The SMILES string of the molecule is CC(CN1C(=O)C(CCCCNC(=O)OCc2ccccc2)NC(=O)C12CCN(CCc1ccccc1)CC2)(c1ccccc1)c1ccccc1. The predicted octanol–water partition coefficient (Wildman–Crippen LogP) is 6.49. The molecular weight excluding hydrogens is 636 g/mol. The number of hydrogen-bond donors (Lipinski definition) is 2. The van der Waals surface area contributed by atoms with E-state index < -0.39 is 23.1 Å².